The predicted molar refractivity (Wildman–Crippen MR) is 58.9 cm³/mol. The fraction of sp³-hybridized carbons (Fsp3) is 0.500. The van der Waals surface area contributed by atoms with Crippen molar-refractivity contribution in [3.05, 3.63) is 35.1 Å². The molecule has 0 saturated carbocycles. The van der Waals surface area contributed by atoms with Gasteiger partial charge in [0.2, 0.25) is 0 Å². The van der Waals surface area contributed by atoms with Crippen LogP contribution >= 0.6 is 0 Å². The van der Waals surface area contributed by atoms with Crippen LogP contribution in [0.3, 0.4) is 0 Å². The van der Waals surface area contributed by atoms with Crippen molar-refractivity contribution in [2.24, 2.45) is 5.73 Å². The summed E-state index contributed by atoms with van der Waals surface area (Å²) in [6.07, 6.45) is 1.10. The molecule has 2 N–H and O–H groups in total. The summed E-state index contributed by atoms with van der Waals surface area (Å²) in [5.74, 6) is -0.162. The Morgan fingerprint density at radius 2 is 2.33 bits per heavy atom. The number of hydrogen-bond donors (Lipinski definition) is 1. The van der Waals surface area contributed by atoms with E-state index in [0.29, 0.717) is 6.54 Å². The van der Waals surface area contributed by atoms with Crippen LogP contribution < -0.4 is 5.73 Å². The normalized spacial score (nSPS) is 20.6. The summed E-state index contributed by atoms with van der Waals surface area (Å²) in [6, 6.07) is 5.24. The lowest BCUT2D eigenvalue weighted by Gasteiger charge is -2.22. The molecule has 1 unspecified atom stereocenters. The van der Waals surface area contributed by atoms with E-state index < -0.39 is 0 Å². The Labute approximate surface area is 89.9 Å². The van der Waals surface area contributed by atoms with Crippen molar-refractivity contribution in [2.75, 3.05) is 13.1 Å². The number of hydrogen-bond acceptors (Lipinski definition) is 2. The zero-order chi connectivity index (χ0) is 10.8. The van der Waals surface area contributed by atoms with E-state index in [0.717, 1.165) is 25.1 Å². The Morgan fingerprint density at radius 1 is 1.53 bits per heavy atom. The van der Waals surface area contributed by atoms with Crippen molar-refractivity contribution in [1.82, 2.24) is 4.90 Å². The molecule has 15 heavy (non-hydrogen) atoms. The second-order valence-electron chi connectivity index (χ2n) is 4.07. The van der Waals surface area contributed by atoms with Crippen LogP contribution in [-0.2, 0) is 6.54 Å². The molecule has 82 valence electrons. The van der Waals surface area contributed by atoms with Gasteiger partial charge in [-0.3, -0.25) is 4.90 Å². The zero-order valence-corrected chi connectivity index (χ0v) is 9.04. The van der Waals surface area contributed by atoms with Gasteiger partial charge in [-0.2, -0.15) is 0 Å². The minimum atomic E-state index is -0.162. The van der Waals surface area contributed by atoms with Crippen molar-refractivity contribution in [1.29, 1.82) is 0 Å². The number of nitrogens with two attached hydrogens (primary N) is 1. The lowest BCUT2D eigenvalue weighted by Crippen LogP contribution is -2.28. The maximum absolute atomic E-state index is 13.1. The fourth-order valence-electron chi connectivity index (χ4n) is 2.34. The molecule has 1 atom stereocenters. The number of rotatable bonds is 3. The van der Waals surface area contributed by atoms with Crippen LogP contribution in [0.1, 0.15) is 30.5 Å². The summed E-state index contributed by atoms with van der Waals surface area (Å²) in [5, 5.41) is 0. The first kappa shape index (κ1) is 10.6. The highest BCUT2D eigenvalue weighted by atomic mass is 19.1. The van der Waals surface area contributed by atoms with Crippen LogP contribution in [-0.4, -0.2) is 18.0 Å². The monoisotopic (exact) mass is 208 g/mol. The van der Waals surface area contributed by atoms with Crippen molar-refractivity contribution in [3.63, 3.8) is 0 Å². The van der Waals surface area contributed by atoms with Gasteiger partial charge in [0.1, 0.15) is 5.82 Å². The fourth-order valence-corrected chi connectivity index (χ4v) is 2.34. The van der Waals surface area contributed by atoms with E-state index in [2.05, 4.69) is 11.8 Å². The van der Waals surface area contributed by atoms with Gasteiger partial charge in [0.05, 0.1) is 0 Å². The zero-order valence-electron chi connectivity index (χ0n) is 9.04. The highest BCUT2D eigenvalue weighted by molar-refractivity contribution is 5.34. The van der Waals surface area contributed by atoms with Gasteiger partial charge >= 0.3 is 0 Å². The first-order chi connectivity index (χ1) is 7.26. The molecule has 0 fully saturated rings. The average molecular weight is 208 g/mol. The molecular formula is C12H17FN2. The minimum Gasteiger partial charge on any atom is -0.329 e. The van der Waals surface area contributed by atoms with Crippen LogP contribution in [0.15, 0.2) is 18.2 Å². The van der Waals surface area contributed by atoms with E-state index >= 15 is 0 Å². The highest BCUT2D eigenvalue weighted by Crippen LogP contribution is 2.33. The van der Waals surface area contributed by atoms with E-state index in [1.807, 2.05) is 6.07 Å². The van der Waals surface area contributed by atoms with Crippen LogP contribution in [0, 0.1) is 5.82 Å². The third-order valence-corrected chi connectivity index (χ3v) is 3.02. The first-order valence-corrected chi connectivity index (χ1v) is 5.48. The van der Waals surface area contributed by atoms with Crippen molar-refractivity contribution < 1.29 is 4.39 Å². The first-order valence-electron chi connectivity index (χ1n) is 5.48. The Hall–Kier alpha value is -0.930. The molecule has 3 heteroatoms. The van der Waals surface area contributed by atoms with Gasteiger partial charge < -0.3 is 5.73 Å². The largest absolute Gasteiger partial charge is 0.329 e. The molecule has 0 aliphatic carbocycles. The topological polar surface area (TPSA) is 29.3 Å². The number of halogens is 1. The molecule has 1 aromatic rings. The van der Waals surface area contributed by atoms with Crippen LogP contribution in [0.25, 0.3) is 0 Å². The number of benzene rings is 1. The maximum Gasteiger partial charge on any atom is 0.123 e. The van der Waals surface area contributed by atoms with Crippen molar-refractivity contribution in [3.8, 4) is 0 Å². The summed E-state index contributed by atoms with van der Waals surface area (Å²) < 4.78 is 13.1. The Bertz CT molecular complexity index is 351. The van der Waals surface area contributed by atoms with E-state index in [9.17, 15) is 4.39 Å². The van der Waals surface area contributed by atoms with Gasteiger partial charge in [0.15, 0.2) is 0 Å². The lowest BCUT2D eigenvalue weighted by atomic mass is 10.0. The lowest BCUT2D eigenvalue weighted by molar-refractivity contribution is 0.220. The molecular weight excluding hydrogens is 191 g/mol. The quantitative estimate of drug-likeness (QED) is 0.823. The summed E-state index contributed by atoms with van der Waals surface area (Å²) in [7, 11) is 0. The Kier molecular flexibility index (Phi) is 3.03. The summed E-state index contributed by atoms with van der Waals surface area (Å²) >= 11 is 0. The third kappa shape index (κ3) is 1.90. The molecule has 1 aromatic carbocycles. The molecule has 1 heterocycles. The van der Waals surface area contributed by atoms with E-state index in [1.54, 1.807) is 6.07 Å². The molecule has 0 amide bonds. The average Bonchev–Trinajstić information content (AvgIpc) is 2.55. The molecule has 2 nitrogen and oxygen atoms in total. The summed E-state index contributed by atoms with van der Waals surface area (Å²) in [4.78, 5) is 2.32. The van der Waals surface area contributed by atoms with Crippen molar-refractivity contribution in [2.45, 2.75) is 25.9 Å². The highest BCUT2D eigenvalue weighted by Gasteiger charge is 2.28. The molecule has 0 spiro atoms. The van der Waals surface area contributed by atoms with Gasteiger partial charge in [0, 0.05) is 19.1 Å². The van der Waals surface area contributed by atoms with Gasteiger partial charge in [-0.05, 0) is 36.2 Å². The van der Waals surface area contributed by atoms with Gasteiger partial charge in [-0.1, -0.05) is 13.0 Å². The van der Waals surface area contributed by atoms with Gasteiger partial charge in [-0.25, -0.2) is 4.39 Å². The van der Waals surface area contributed by atoms with E-state index in [4.69, 9.17) is 5.73 Å². The second kappa shape index (κ2) is 4.29. The second-order valence-corrected chi connectivity index (χ2v) is 4.07. The SMILES string of the molecule is CCCN1Cc2ccc(F)cc2C1CN. The van der Waals surface area contributed by atoms with E-state index in [-0.39, 0.29) is 11.9 Å². The van der Waals surface area contributed by atoms with Crippen LogP contribution in [0.2, 0.25) is 0 Å². The minimum absolute atomic E-state index is 0.162. The smallest absolute Gasteiger partial charge is 0.123 e. The summed E-state index contributed by atoms with van der Waals surface area (Å²) in [5.41, 5.74) is 8.05. The number of nitrogens with zero attached hydrogens (tertiary/aromatic N) is 1. The molecule has 0 radical (unpaired) electrons. The van der Waals surface area contributed by atoms with Crippen molar-refractivity contribution >= 4 is 0 Å². The molecule has 1 aliphatic rings. The Balaban J connectivity index is 2.29. The molecule has 0 saturated heterocycles. The van der Waals surface area contributed by atoms with E-state index in [1.165, 1.54) is 11.6 Å². The predicted octanol–water partition coefficient (Wildman–Crippen LogP) is 2.05. The van der Waals surface area contributed by atoms with Crippen LogP contribution in [0.4, 0.5) is 4.39 Å². The standard InChI is InChI=1S/C12H17FN2/c1-2-5-15-8-9-3-4-10(13)6-11(9)12(15)7-14/h3-4,6,12H,2,5,7-8,14H2,1H3. The summed E-state index contributed by atoms with van der Waals surface area (Å²) in [6.45, 7) is 4.65. The Morgan fingerprint density at radius 3 is 3.00 bits per heavy atom. The molecule has 0 bridgehead atoms. The van der Waals surface area contributed by atoms with Gasteiger partial charge in [-0.15, -0.1) is 0 Å². The molecule has 2 rings (SSSR count). The molecule has 0 aromatic heterocycles. The van der Waals surface area contributed by atoms with Gasteiger partial charge in [0.25, 0.3) is 0 Å². The number of fused-ring (bicyclic) bond motifs is 1. The van der Waals surface area contributed by atoms with Crippen LogP contribution in [0.5, 0.6) is 0 Å². The maximum atomic E-state index is 13.1. The molecule has 1 aliphatic heterocycles. The third-order valence-electron chi connectivity index (χ3n) is 3.02.